The van der Waals surface area contributed by atoms with E-state index in [2.05, 4.69) is 20.7 Å². The van der Waals surface area contributed by atoms with Crippen molar-refractivity contribution in [1.82, 2.24) is 25.5 Å². The van der Waals surface area contributed by atoms with Gasteiger partial charge in [0, 0.05) is 12.5 Å². The standard InChI is InChI=1S/C13H19N5O2/c1-14-9(8-12-15-17-18(2)16-12)13-10(19-3)6-5-7-11(13)20-4/h5-7,9,14H,8H2,1-4H3. The van der Waals surface area contributed by atoms with Gasteiger partial charge in [-0.2, -0.15) is 4.80 Å². The largest absolute Gasteiger partial charge is 0.496 e. The third kappa shape index (κ3) is 2.88. The van der Waals surface area contributed by atoms with Gasteiger partial charge in [-0.3, -0.25) is 0 Å². The van der Waals surface area contributed by atoms with Crippen LogP contribution in [-0.4, -0.2) is 41.5 Å². The van der Waals surface area contributed by atoms with Crippen LogP contribution in [0.3, 0.4) is 0 Å². The molecule has 0 amide bonds. The quantitative estimate of drug-likeness (QED) is 0.839. The minimum absolute atomic E-state index is 0.0229. The van der Waals surface area contributed by atoms with E-state index in [1.165, 1.54) is 4.80 Å². The van der Waals surface area contributed by atoms with Crippen molar-refractivity contribution in [3.05, 3.63) is 29.6 Å². The van der Waals surface area contributed by atoms with E-state index < -0.39 is 0 Å². The van der Waals surface area contributed by atoms with Crippen molar-refractivity contribution in [2.24, 2.45) is 7.05 Å². The predicted molar refractivity (Wildman–Crippen MR) is 73.8 cm³/mol. The molecule has 1 aromatic heterocycles. The number of nitrogens with zero attached hydrogens (tertiary/aromatic N) is 4. The molecule has 0 spiro atoms. The smallest absolute Gasteiger partial charge is 0.176 e. The molecule has 0 bridgehead atoms. The molecule has 0 fully saturated rings. The van der Waals surface area contributed by atoms with Crippen LogP contribution in [0, 0.1) is 0 Å². The molecule has 7 nitrogen and oxygen atoms in total. The van der Waals surface area contributed by atoms with Crippen LogP contribution in [0.15, 0.2) is 18.2 Å². The van der Waals surface area contributed by atoms with Gasteiger partial charge in [-0.1, -0.05) is 6.07 Å². The number of rotatable bonds is 6. The normalized spacial score (nSPS) is 12.2. The summed E-state index contributed by atoms with van der Waals surface area (Å²) < 4.78 is 10.9. The van der Waals surface area contributed by atoms with Crippen LogP contribution in [0.25, 0.3) is 0 Å². The maximum absolute atomic E-state index is 5.43. The monoisotopic (exact) mass is 277 g/mol. The SMILES string of the molecule is CNC(Cc1nnn(C)n1)c1c(OC)cccc1OC. The molecule has 0 saturated carbocycles. The van der Waals surface area contributed by atoms with Gasteiger partial charge in [-0.15, -0.1) is 10.2 Å². The first-order valence-electron chi connectivity index (χ1n) is 6.30. The van der Waals surface area contributed by atoms with Crippen molar-refractivity contribution >= 4 is 0 Å². The second-order valence-electron chi connectivity index (χ2n) is 4.32. The highest BCUT2D eigenvalue weighted by Crippen LogP contribution is 2.34. The molecule has 0 saturated heterocycles. The molecule has 1 heterocycles. The summed E-state index contributed by atoms with van der Waals surface area (Å²) in [5.41, 5.74) is 0.951. The predicted octanol–water partition coefficient (Wildman–Crippen LogP) is 0.730. The van der Waals surface area contributed by atoms with Crippen LogP contribution in [0.5, 0.6) is 11.5 Å². The molecule has 1 unspecified atom stereocenters. The number of aryl methyl sites for hydroxylation is 1. The summed E-state index contributed by atoms with van der Waals surface area (Å²) in [7, 11) is 6.92. The molecule has 0 radical (unpaired) electrons. The van der Waals surface area contributed by atoms with Gasteiger partial charge in [0.15, 0.2) is 5.82 Å². The third-order valence-corrected chi connectivity index (χ3v) is 3.10. The maximum Gasteiger partial charge on any atom is 0.176 e. The van der Waals surface area contributed by atoms with E-state index in [0.717, 1.165) is 17.1 Å². The Morgan fingerprint density at radius 1 is 1.25 bits per heavy atom. The summed E-state index contributed by atoms with van der Waals surface area (Å²) >= 11 is 0. The first kappa shape index (κ1) is 14.3. The number of nitrogens with one attached hydrogen (secondary N) is 1. The Kier molecular flexibility index (Phi) is 4.52. The molecule has 2 aromatic rings. The van der Waals surface area contributed by atoms with E-state index in [1.54, 1.807) is 21.3 Å². The maximum atomic E-state index is 5.43. The van der Waals surface area contributed by atoms with Crippen LogP contribution in [0.4, 0.5) is 0 Å². The lowest BCUT2D eigenvalue weighted by Crippen LogP contribution is -2.21. The van der Waals surface area contributed by atoms with Crippen LogP contribution in [0.2, 0.25) is 0 Å². The highest BCUT2D eigenvalue weighted by molar-refractivity contribution is 5.47. The van der Waals surface area contributed by atoms with Gasteiger partial charge in [0.25, 0.3) is 0 Å². The van der Waals surface area contributed by atoms with E-state index in [4.69, 9.17) is 9.47 Å². The summed E-state index contributed by atoms with van der Waals surface area (Å²) in [6.45, 7) is 0. The Morgan fingerprint density at radius 2 is 1.90 bits per heavy atom. The molecule has 0 aliphatic carbocycles. The lowest BCUT2D eigenvalue weighted by molar-refractivity contribution is 0.372. The minimum Gasteiger partial charge on any atom is -0.496 e. The molecule has 7 heteroatoms. The second-order valence-corrected chi connectivity index (χ2v) is 4.32. The summed E-state index contributed by atoms with van der Waals surface area (Å²) in [6.07, 6.45) is 0.598. The Hall–Kier alpha value is -2.15. The fourth-order valence-corrected chi connectivity index (χ4v) is 2.16. The van der Waals surface area contributed by atoms with Gasteiger partial charge in [0.1, 0.15) is 11.5 Å². The number of hydrogen-bond donors (Lipinski definition) is 1. The van der Waals surface area contributed by atoms with Crippen LogP contribution < -0.4 is 14.8 Å². The molecule has 1 atom stereocenters. The molecule has 2 rings (SSSR count). The van der Waals surface area contributed by atoms with E-state index in [1.807, 2.05) is 25.2 Å². The molecule has 0 aliphatic rings. The van der Waals surface area contributed by atoms with Crippen molar-refractivity contribution in [1.29, 1.82) is 0 Å². The number of tetrazole rings is 1. The first-order valence-corrected chi connectivity index (χ1v) is 6.30. The summed E-state index contributed by atoms with van der Waals surface area (Å²) in [6, 6.07) is 5.69. The average molecular weight is 277 g/mol. The van der Waals surface area contributed by atoms with Crippen molar-refractivity contribution < 1.29 is 9.47 Å². The van der Waals surface area contributed by atoms with E-state index in [9.17, 15) is 0 Å². The Balaban J connectivity index is 2.35. The molecule has 1 aromatic carbocycles. The summed E-state index contributed by atoms with van der Waals surface area (Å²) in [4.78, 5) is 1.45. The fraction of sp³-hybridized carbons (Fsp3) is 0.462. The highest BCUT2D eigenvalue weighted by atomic mass is 16.5. The zero-order valence-corrected chi connectivity index (χ0v) is 12.1. The van der Waals surface area contributed by atoms with Crippen LogP contribution in [-0.2, 0) is 13.5 Å². The van der Waals surface area contributed by atoms with Gasteiger partial charge in [0.05, 0.1) is 26.8 Å². The minimum atomic E-state index is -0.0229. The van der Waals surface area contributed by atoms with Gasteiger partial charge in [-0.05, 0) is 24.4 Å². The zero-order valence-electron chi connectivity index (χ0n) is 12.1. The molecular formula is C13H19N5O2. The zero-order chi connectivity index (χ0) is 14.5. The third-order valence-electron chi connectivity index (χ3n) is 3.10. The van der Waals surface area contributed by atoms with Crippen molar-refractivity contribution in [3.8, 4) is 11.5 Å². The van der Waals surface area contributed by atoms with Gasteiger partial charge >= 0.3 is 0 Å². The first-order chi connectivity index (χ1) is 9.69. The lowest BCUT2D eigenvalue weighted by Gasteiger charge is -2.20. The van der Waals surface area contributed by atoms with Gasteiger partial charge < -0.3 is 14.8 Å². The molecule has 0 aliphatic heterocycles. The highest BCUT2D eigenvalue weighted by Gasteiger charge is 2.21. The number of aromatic nitrogens is 4. The Morgan fingerprint density at radius 3 is 2.35 bits per heavy atom. The number of benzene rings is 1. The number of ether oxygens (including phenoxy) is 2. The Bertz CT molecular complexity index is 547. The van der Waals surface area contributed by atoms with Gasteiger partial charge in [0.2, 0.25) is 0 Å². The molecule has 108 valence electrons. The fourth-order valence-electron chi connectivity index (χ4n) is 2.16. The summed E-state index contributed by atoms with van der Waals surface area (Å²) in [5, 5.41) is 15.3. The van der Waals surface area contributed by atoms with Crippen molar-refractivity contribution in [2.75, 3.05) is 21.3 Å². The molecular weight excluding hydrogens is 258 g/mol. The van der Waals surface area contributed by atoms with Crippen molar-refractivity contribution in [2.45, 2.75) is 12.5 Å². The van der Waals surface area contributed by atoms with E-state index in [-0.39, 0.29) is 6.04 Å². The second kappa shape index (κ2) is 6.33. The van der Waals surface area contributed by atoms with Crippen molar-refractivity contribution in [3.63, 3.8) is 0 Å². The van der Waals surface area contributed by atoms with Crippen LogP contribution >= 0.6 is 0 Å². The Labute approximate surface area is 117 Å². The molecule has 1 N–H and O–H groups in total. The average Bonchev–Trinajstić information content (AvgIpc) is 2.89. The van der Waals surface area contributed by atoms with E-state index in [0.29, 0.717) is 12.2 Å². The number of hydrogen-bond acceptors (Lipinski definition) is 6. The topological polar surface area (TPSA) is 74.1 Å². The lowest BCUT2D eigenvalue weighted by atomic mass is 10.0. The van der Waals surface area contributed by atoms with Gasteiger partial charge in [-0.25, -0.2) is 0 Å². The summed E-state index contributed by atoms with van der Waals surface area (Å²) in [5.74, 6) is 2.21. The van der Waals surface area contributed by atoms with Crippen LogP contribution in [0.1, 0.15) is 17.4 Å². The number of methoxy groups -OCH3 is 2. The van der Waals surface area contributed by atoms with E-state index >= 15 is 0 Å². The molecule has 20 heavy (non-hydrogen) atoms. The number of likely N-dealkylation sites (N-methyl/N-ethyl adjacent to an activating group) is 1.